The Morgan fingerprint density at radius 1 is 1.47 bits per heavy atom. The first-order valence-electron chi connectivity index (χ1n) is 6.13. The zero-order chi connectivity index (χ0) is 14.0. The Morgan fingerprint density at radius 2 is 2.21 bits per heavy atom. The largest absolute Gasteiger partial charge is 0.368 e. The van der Waals surface area contributed by atoms with Crippen LogP contribution in [0, 0.1) is 12.7 Å². The van der Waals surface area contributed by atoms with Crippen molar-refractivity contribution >= 4 is 17.0 Å². The normalized spacial score (nSPS) is 12.5. The average molecular weight is 279 g/mol. The van der Waals surface area contributed by atoms with E-state index in [1.54, 1.807) is 18.3 Å². The molecule has 0 aliphatic rings. The molecule has 0 aliphatic carbocycles. The van der Waals surface area contributed by atoms with Crippen LogP contribution in [-0.2, 0) is 6.54 Å². The molecule has 2 aromatic rings. The summed E-state index contributed by atoms with van der Waals surface area (Å²) < 4.78 is 13.7. The van der Waals surface area contributed by atoms with Gasteiger partial charge in [-0.15, -0.1) is 11.3 Å². The van der Waals surface area contributed by atoms with Gasteiger partial charge >= 0.3 is 0 Å². The molecule has 0 saturated heterocycles. The quantitative estimate of drug-likeness (QED) is 0.934. The third-order valence-electron chi connectivity index (χ3n) is 3.09. The second-order valence-electron chi connectivity index (χ2n) is 4.78. The number of rotatable bonds is 4. The molecule has 0 bridgehead atoms. The fourth-order valence-corrected chi connectivity index (χ4v) is 2.57. The fraction of sp³-hybridized carbons (Fsp3) is 0.357. The number of nitrogens with two attached hydrogens (primary N) is 1. The number of aromatic nitrogens is 1. The first-order chi connectivity index (χ1) is 8.99. The van der Waals surface area contributed by atoms with Crippen molar-refractivity contribution in [3.05, 3.63) is 45.7 Å². The van der Waals surface area contributed by atoms with Crippen LogP contribution in [0.15, 0.2) is 23.0 Å². The molecule has 102 valence electrons. The Labute approximate surface area is 116 Å². The third kappa shape index (κ3) is 3.11. The van der Waals surface area contributed by atoms with Crippen LogP contribution in [0.1, 0.15) is 29.8 Å². The van der Waals surface area contributed by atoms with Gasteiger partial charge in [-0.25, -0.2) is 9.37 Å². The molecule has 0 fully saturated rings. The van der Waals surface area contributed by atoms with Gasteiger partial charge in [0.2, 0.25) is 0 Å². The van der Waals surface area contributed by atoms with E-state index in [0.29, 0.717) is 12.1 Å². The van der Waals surface area contributed by atoms with Crippen molar-refractivity contribution in [2.24, 2.45) is 5.73 Å². The van der Waals surface area contributed by atoms with Crippen LogP contribution < -0.4 is 10.6 Å². The highest BCUT2D eigenvalue weighted by molar-refractivity contribution is 7.07. The van der Waals surface area contributed by atoms with E-state index >= 15 is 0 Å². The van der Waals surface area contributed by atoms with Crippen LogP contribution >= 0.6 is 11.3 Å². The first kappa shape index (κ1) is 14.0. The van der Waals surface area contributed by atoms with E-state index in [4.69, 9.17) is 5.73 Å². The summed E-state index contributed by atoms with van der Waals surface area (Å²) in [4.78, 5) is 6.32. The van der Waals surface area contributed by atoms with Crippen LogP contribution in [0.3, 0.4) is 0 Å². The number of halogens is 1. The summed E-state index contributed by atoms with van der Waals surface area (Å²) in [6.45, 7) is 4.32. The lowest BCUT2D eigenvalue weighted by Gasteiger charge is -2.24. The summed E-state index contributed by atoms with van der Waals surface area (Å²) in [6.07, 6.45) is 0. The molecule has 0 unspecified atom stereocenters. The maximum Gasteiger partial charge on any atom is 0.126 e. The van der Waals surface area contributed by atoms with E-state index < -0.39 is 0 Å². The maximum absolute atomic E-state index is 13.7. The van der Waals surface area contributed by atoms with Gasteiger partial charge in [0, 0.05) is 24.2 Å². The molecule has 0 saturated carbocycles. The highest BCUT2D eigenvalue weighted by Gasteiger charge is 2.14. The van der Waals surface area contributed by atoms with Crippen molar-refractivity contribution in [1.29, 1.82) is 0 Å². The minimum atomic E-state index is -0.210. The van der Waals surface area contributed by atoms with Crippen molar-refractivity contribution in [2.45, 2.75) is 26.4 Å². The van der Waals surface area contributed by atoms with E-state index in [1.807, 2.05) is 30.9 Å². The number of aryl methyl sites for hydroxylation is 1. The van der Waals surface area contributed by atoms with Crippen LogP contribution in [0.2, 0.25) is 0 Å². The molecule has 1 aromatic carbocycles. The molecule has 1 aromatic heterocycles. The van der Waals surface area contributed by atoms with Crippen LogP contribution in [0.5, 0.6) is 0 Å². The van der Waals surface area contributed by atoms with Crippen molar-refractivity contribution < 1.29 is 4.39 Å². The molecule has 0 amide bonds. The van der Waals surface area contributed by atoms with Gasteiger partial charge in [-0.3, -0.25) is 0 Å². The van der Waals surface area contributed by atoms with Crippen molar-refractivity contribution in [3.63, 3.8) is 0 Å². The van der Waals surface area contributed by atoms with Gasteiger partial charge in [0.15, 0.2) is 0 Å². The standard InChI is InChI=1S/C14H18FN3S/c1-9-4-14(12(10(2)16)5-13(9)15)18(3)6-11-7-19-8-17-11/h4-5,7-8,10H,6,16H2,1-3H3/t10-/m0/s1. The molecule has 1 atom stereocenters. The van der Waals surface area contributed by atoms with Crippen LogP contribution in [0.25, 0.3) is 0 Å². The van der Waals surface area contributed by atoms with Gasteiger partial charge in [-0.1, -0.05) is 0 Å². The molecular formula is C14H18FN3S. The zero-order valence-corrected chi connectivity index (χ0v) is 12.2. The van der Waals surface area contributed by atoms with E-state index in [9.17, 15) is 4.39 Å². The Morgan fingerprint density at radius 3 is 2.79 bits per heavy atom. The monoisotopic (exact) mass is 279 g/mol. The topological polar surface area (TPSA) is 42.2 Å². The number of hydrogen-bond acceptors (Lipinski definition) is 4. The number of thiazole rings is 1. The van der Waals surface area contributed by atoms with E-state index in [-0.39, 0.29) is 11.9 Å². The van der Waals surface area contributed by atoms with Crippen LogP contribution in [0.4, 0.5) is 10.1 Å². The molecule has 2 N–H and O–H groups in total. The van der Waals surface area contributed by atoms with E-state index in [2.05, 4.69) is 9.88 Å². The smallest absolute Gasteiger partial charge is 0.126 e. The van der Waals surface area contributed by atoms with Crippen molar-refractivity contribution in [2.75, 3.05) is 11.9 Å². The van der Waals surface area contributed by atoms with Gasteiger partial charge in [0.1, 0.15) is 5.82 Å². The van der Waals surface area contributed by atoms with E-state index in [1.165, 1.54) is 6.07 Å². The Kier molecular flexibility index (Phi) is 4.17. The molecular weight excluding hydrogens is 261 g/mol. The lowest BCUT2D eigenvalue weighted by Crippen LogP contribution is -2.21. The summed E-state index contributed by atoms with van der Waals surface area (Å²) in [5.41, 5.74) is 11.2. The minimum Gasteiger partial charge on any atom is -0.368 e. The Balaban J connectivity index is 2.34. The third-order valence-corrected chi connectivity index (χ3v) is 3.73. The number of nitrogens with zero attached hydrogens (tertiary/aromatic N) is 2. The number of hydrogen-bond donors (Lipinski definition) is 1. The lowest BCUT2D eigenvalue weighted by atomic mass is 10.0. The minimum absolute atomic E-state index is 0.206. The maximum atomic E-state index is 13.7. The van der Waals surface area contributed by atoms with Crippen molar-refractivity contribution in [1.82, 2.24) is 4.98 Å². The van der Waals surface area contributed by atoms with Crippen molar-refractivity contribution in [3.8, 4) is 0 Å². The molecule has 5 heteroatoms. The molecule has 3 nitrogen and oxygen atoms in total. The fourth-order valence-electron chi connectivity index (χ4n) is 2.02. The molecule has 2 rings (SSSR count). The second kappa shape index (κ2) is 5.67. The highest BCUT2D eigenvalue weighted by atomic mass is 32.1. The SMILES string of the molecule is Cc1cc(N(C)Cc2cscn2)c([C@H](C)N)cc1F. The van der Waals surface area contributed by atoms with Gasteiger partial charge < -0.3 is 10.6 Å². The summed E-state index contributed by atoms with van der Waals surface area (Å²) in [5, 5.41) is 2.01. The molecule has 0 aliphatic heterocycles. The second-order valence-corrected chi connectivity index (χ2v) is 5.50. The van der Waals surface area contributed by atoms with Gasteiger partial charge in [0.05, 0.1) is 17.7 Å². The van der Waals surface area contributed by atoms with Gasteiger partial charge in [-0.05, 0) is 37.1 Å². The van der Waals surface area contributed by atoms with Gasteiger partial charge in [0.25, 0.3) is 0 Å². The summed E-state index contributed by atoms with van der Waals surface area (Å²) in [7, 11) is 1.97. The molecule has 0 spiro atoms. The zero-order valence-electron chi connectivity index (χ0n) is 11.4. The first-order valence-corrected chi connectivity index (χ1v) is 7.07. The predicted octanol–water partition coefficient (Wildman–Crippen LogP) is 3.25. The summed E-state index contributed by atoms with van der Waals surface area (Å²) in [5.74, 6) is -0.210. The predicted molar refractivity (Wildman–Crippen MR) is 78.0 cm³/mol. The number of benzene rings is 1. The molecule has 0 radical (unpaired) electrons. The Bertz CT molecular complexity index is 552. The van der Waals surface area contributed by atoms with Gasteiger partial charge in [-0.2, -0.15) is 0 Å². The van der Waals surface area contributed by atoms with Crippen LogP contribution in [-0.4, -0.2) is 12.0 Å². The average Bonchev–Trinajstić information content (AvgIpc) is 2.84. The Hall–Kier alpha value is -1.46. The molecule has 1 heterocycles. The molecule has 19 heavy (non-hydrogen) atoms. The summed E-state index contributed by atoms with van der Waals surface area (Å²) >= 11 is 1.57. The summed E-state index contributed by atoms with van der Waals surface area (Å²) in [6, 6.07) is 3.18. The van der Waals surface area contributed by atoms with E-state index in [0.717, 1.165) is 16.9 Å². The highest BCUT2D eigenvalue weighted by Crippen LogP contribution is 2.28. The lowest BCUT2D eigenvalue weighted by molar-refractivity contribution is 0.612. The number of anilines is 1.